The van der Waals surface area contributed by atoms with Gasteiger partial charge in [-0.2, -0.15) is 0 Å². The van der Waals surface area contributed by atoms with Crippen molar-refractivity contribution in [3.05, 3.63) is 35.9 Å². The number of nitrogens with zero attached hydrogens (tertiary/aromatic N) is 1. The lowest BCUT2D eigenvalue weighted by Gasteiger charge is -2.21. The molecule has 0 heterocycles. The van der Waals surface area contributed by atoms with E-state index in [1.165, 1.54) is 4.90 Å². The molecule has 0 atom stereocenters. The average Bonchev–Trinajstić information content (AvgIpc) is 2.48. The number of benzene rings is 1. The van der Waals surface area contributed by atoms with Crippen LogP contribution in [-0.2, 0) is 25.1 Å². The smallest absolute Gasteiger partial charge is 0.410 e. The molecule has 1 amide bonds. The van der Waals surface area contributed by atoms with Crippen LogP contribution in [0.2, 0.25) is 0 Å². The molecule has 0 saturated carbocycles. The van der Waals surface area contributed by atoms with E-state index in [9.17, 15) is 13.2 Å². The fourth-order valence-electron chi connectivity index (χ4n) is 1.72. The summed E-state index contributed by atoms with van der Waals surface area (Å²) in [4.78, 5) is 13.4. The van der Waals surface area contributed by atoms with E-state index in [1.54, 1.807) is 7.11 Å². The summed E-state index contributed by atoms with van der Waals surface area (Å²) in [6.07, 6.45) is 0.0134. The van der Waals surface area contributed by atoms with Crippen LogP contribution < -0.4 is 0 Å². The molecule has 1 aromatic rings. The van der Waals surface area contributed by atoms with Crippen molar-refractivity contribution in [1.29, 1.82) is 0 Å². The first-order valence-corrected chi connectivity index (χ1v) is 9.27. The highest BCUT2D eigenvalue weighted by atomic mass is 35.7. The highest BCUT2D eigenvalue weighted by Crippen LogP contribution is 2.06. The van der Waals surface area contributed by atoms with Gasteiger partial charge in [-0.25, -0.2) is 13.2 Å². The lowest BCUT2D eigenvalue weighted by Crippen LogP contribution is -2.36. The van der Waals surface area contributed by atoms with E-state index in [-0.39, 0.29) is 18.9 Å². The molecular formula is C14H20ClNO5S. The Labute approximate surface area is 135 Å². The lowest BCUT2D eigenvalue weighted by atomic mass is 10.2. The third kappa shape index (κ3) is 8.21. The second-order valence-electron chi connectivity index (χ2n) is 4.62. The van der Waals surface area contributed by atoms with E-state index in [4.69, 9.17) is 20.2 Å². The maximum absolute atomic E-state index is 12.1. The first kappa shape index (κ1) is 18.7. The van der Waals surface area contributed by atoms with Crippen molar-refractivity contribution in [3.8, 4) is 0 Å². The molecule has 0 aromatic heterocycles. The molecule has 0 unspecified atom stereocenters. The molecule has 0 N–H and O–H groups in total. The molecule has 0 aliphatic carbocycles. The molecule has 0 aliphatic rings. The van der Waals surface area contributed by atoms with E-state index >= 15 is 0 Å². The van der Waals surface area contributed by atoms with Crippen molar-refractivity contribution in [2.24, 2.45) is 0 Å². The molecule has 0 bridgehead atoms. The maximum Gasteiger partial charge on any atom is 0.410 e. The topological polar surface area (TPSA) is 72.9 Å². The van der Waals surface area contributed by atoms with E-state index < -0.39 is 15.1 Å². The highest BCUT2D eigenvalue weighted by molar-refractivity contribution is 8.13. The molecule has 124 valence electrons. The predicted molar refractivity (Wildman–Crippen MR) is 84.3 cm³/mol. The van der Waals surface area contributed by atoms with Crippen LogP contribution in [0, 0.1) is 0 Å². The van der Waals surface area contributed by atoms with Crippen molar-refractivity contribution in [2.75, 3.05) is 32.6 Å². The van der Waals surface area contributed by atoms with Crippen LogP contribution in [0.25, 0.3) is 0 Å². The van der Waals surface area contributed by atoms with E-state index in [2.05, 4.69) is 0 Å². The number of halogens is 1. The van der Waals surface area contributed by atoms with Crippen LogP contribution in [0.15, 0.2) is 30.3 Å². The SMILES string of the molecule is COCCCN(CCS(=O)(=O)Cl)C(=O)OCc1ccccc1. The monoisotopic (exact) mass is 349 g/mol. The third-order valence-corrected chi connectivity index (χ3v) is 3.98. The largest absolute Gasteiger partial charge is 0.445 e. The predicted octanol–water partition coefficient (Wildman–Crippen LogP) is 2.23. The zero-order valence-electron chi connectivity index (χ0n) is 12.4. The summed E-state index contributed by atoms with van der Waals surface area (Å²) in [5.74, 6) is -0.317. The Kier molecular flexibility index (Phi) is 8.22. The summed E-state index contributed by atoms with van der Waals surface area (Å²) in [6.45, 7) is 0.932. The van der Waals surface area contributed by atoms with Crippen molar-refractivity contribution < 1.29 is 22.7 Å². The average molecular weight is 350 g/mol. The number of rotatable bonds is 9. The standard InChI is InChI=1S/C14H20ClNO5S/c1-20-10-5-8-16(9-11-22(15,18)19)14(17)21-12-13-6-3-2-4-7-13/h2-4,6-7H,5,8-12H2,1H3. The molecule has 8 heteroatoms. The third-order valence-electron chi connectivity index (χ3n) is 2.84. The van der Waals surface area contributed by atoms with Gasteiger partial charge in [-0.1, -0.05) is 30.3 Å². The van der Waals surface area contributed by atoms with Gasteiger partial charge in [0, 0.05) is 37.5 Å². The molecular weight excluding hydrogens is 330 g/mol. The van der Waals surface area contributed by atoms with Gasteiger partial charge in [-0.15, -0.1) is 0 Å². The number of carbonyl (C=O) groups is 1. The van der Waals surface area contributed by atoms with Gasteiger partial charge in [0.15, 0.2) is 0 Å². The Morgan fingerprint density at radius 1 is 1.23 bits per heavy atom. The summed E-state index contributed by atoms with van der Waals surface area (Å²) in [6, 6.07) is 9.24. The number of hydrogen-bond acceptors (Lipinski definition) is 5. The first-order valence-electron chi connectivity index (χ1n) is 6.79. The molecule has 1 rings (SSSR count). The van der Waals surface area contributed by atoms with Gasteiger partial charge in [-0.3, -0.25) is 0 Å². The Balaban J connectivity index is 2.53. The molecule has 1 aromatic carbocycles. The minimum absolute atomic E-state index is 0.0107. The van der Waals surface area contributed by atoms with Crippen LogP contribution >= 0.6 is 10.7 Å². The molecule has 0 fully saturated rings. The molecule has 0 aliphatic heterocycles. The van der Waals surface area contributed by atoms with Crippen LogP contribution in [0.4, 0.5) is 4.79 Å². The molecule has 0 radical (unpaired) electrons. The van der Waals surface area contributed by atoms with Crippen LogP contribution in [0.1, 0.15) is 12.0 Å². The minimum atomic E-state index is -3.66. The number of methoxy groups -OCH3 is 1. The molecule has 6 nitrogen and oxygen atoms in total. The number of amides is 1. The second kappa shape index (κ2) is 9.66. The normalized spacial score (nSPS) is 11.2. The number of carbonyl (C=O) groups excluding carboxylic acids is 1. The molecule has 0 spiro atoms. The quantitative estimate of drug-likeness (QED) is 0.505. The summed E-state index contributed by atoms with van der Waals surface area (Å²) < 4.78 is 32.2. The van der Waals surface area contributed by atoms with Crippen LogP contribution in [-0.4, -0.2) is 52.0 Å². The summed E-state index contributed by atoms with van der Waals surface area (Å²) in [5.41, 5.74) is 0.859. The van der Waals surface area contributed by atoms with Gasteiger partial charge in [0.1, 0.15) is 6.61 Å². The van der Waals surface area contributed by atoms with Gasteiger partial charge < -0.3 is 14.4 Å². The minimum Gasteiger partial charge on any atom is -0.445 e. The van der Waals surface area contributed by atoms with Crippen molar-refractivity contribution in [2.45, 2.75) is 13.0 Å². The summed E-state index contributed by atoms with van der Waals surface area (Å²) >= 11 is 0. The van der Waals surface area contributed by atoms with Crippen LogP contribution in [0.3, 0.4) is 0 Å². The van der Waals surface area contributed by atoms with Gasteiger partial charge in [0.2, 0.25) is 9.05 Å². The van der Waals surface area contributed by atoms with E-state index in [0.29, 0.717) is 19.6 Å². The fraction of sp³-hybridized carbons (Fsp3) is 0.500. The van der Waals surface area contributed by atoms with Crippen molar-refractivity contribution >= 4 is 25.8 Å². The van der Waals surface area contributed by atoms with Crippen molar-refractivity contribution in [3.63, 3.8) is 0 Å². The summed E-state index contributed by atoms with van der Waals surface area (Å²) in [7, 11) is 3.08. The zero-order chi connectivity index (χ0) is 16.4. The molecule has 22 heavy (non-hydrogen) atoms. The van der Waals surface area contributed by atoms with Gasteiger partial charge in [0.05, 0.1) is 5.75 Å². The lowest BCUT2D eigenvalue weighted by molar-refractivity contribution is 0.0936. The Hall–Kier alpha value is -1.31. The zero-order valence-corrected chi connectivity index (χ0v) is 14.0. The van der Waals surface area contributed by atoms with Crippen LogP contribution in [0.5, 0.6) is 0 Å². The van der Waals surface area contributed by atoms with Crippen molar-refractivity contribution in [1.82, 2.24) is 4.90 Å². The van der Waals surface area contributed by atoms with E-state index in [0.717, 1.165) is 5.56 Å². The highest BCUT2D eigenvalue weighted by Gasteiger charge is 2.17. The maximum atomic E-state index is 12.1. The fourth-order valence-corrected chi connectivity index (χ4v) is 2.37. The Morgan fingerprint density at radius 2 is 1.91 bits per heavy atom. The van der Waals surface area contributed by atoms with Gasteiger partial charge >= 0.3 is 6.09 Å². The van der Waals surface area contributed by atoms with Gasteiger partial charge in [0.25, 0.3) is 0 Å². The first-order chi connectivity index (χ1) is 10.4. The number of ether oxygens (including phenoxy) is 2. The molecule has 0 saturated heterocycles. The Morgan fingerprint density at radius 3 is 2.50 bits per heavy atom. The van der Waals surface area contributed by atoms with E-state index in [1.807, 2.05) is 30.3 Å². The Bertz CT molecular complexity index is 550. The van der Waals surface area contributed by atoms with Gasteiger partial charge in [-0.05, 0) is 12.0 Å². The second-order valence-corrected chi connectivity index (χ2v) is 7.51. The number of hydrogen-bond donors (Lipinski definition) is 0. The summed E-state index contributed by atoms with van der Waals surface area (Å²) in [5, 5.41) is 0.